The predicted octanol–water partition coefficient (Wildman–Crippen LogP) is 17.0. The lowest BCUT2D eigenvalue weighted by atomic mass is 10.00. The van der Waals surface area contributed by atoms with Gasteiger partial charge < -0.3 is 33.8 Å². The highest BCUT2D eigenvalue weighted by Gasteiger charge is 2.30. The van der Waals surface area contributed by atoms with Gasteiger partial charge in [-0.2, -0.15) is 0 Å². The molecule has 6 atom stereocenters. The van der Waals surface area contributed by atoms with Crippen molar-refractivity contribution in [2.24, 2.45) is 23.7 Å². The Morgan fingerprint density at radius 1 is 0.341 bits per heavy atom. The number of unbranched alkanes of at least 4 members (excludes halogenated alkanes) is 25. The van der Waals surface area contributed by atoms with E-state index in [-0.39, 0.29) is 25.7 Å². The summed E-state index contributed by atoms with van der Waals surface area (Å²) < 4.78 is 67.9. The van der Waals surface area contributed by atoms with Gasteiger partial charge >= 0.3 is 39.5 Å². The quantitative estimate of drug-likeness (QED) is 0.0222. The van der Waals surface area contributed by atoms with Crippen molar-refractivity contribution in [3.63, 3.8) is 0 Å². The van der Waals surface area contributed by atoms with E-state index in [0.717, 1.165) is 114 Å². The number of phosphoric ester groups is 2. The fourth-order valence-corrected chi connectivity index (χ4v) is 10.8. The van der Waals surface area contributed by atoms with E-state index < -0.39 is 97.5 Å². The first-order valence-electron chi connectivity index (χ1n) is 32.7. The smallest absolute Gasteiger partial charge is 0.462 e. The number of ether oxygens (including phenoxy) is 4. The van der Waals surface area contributed by atoms with Gasteiger partial charge in [0.05, 0.1) is 26.4 Å². The molecule has 0 aliphatic heterocycles. The largest absolute Gasteiger partial charge is 0.472 e. The van der Waals surface area contributed by atoms with Gasteiger partial charge in [0.2, 0.25) is 0 Å². The van der Waals surface area contributed by atoms with Gasteiger partial charge in [0, 0.05) is 25.7 Å². The molecule has 0 aromatic heterocycles. The molecule has 0 saturated carbocycles. The summed E-state index contributed by atoms with van der Waals surface area (Å²) in [6, 6.07) is 0. The van der Waals surface area contributed by atoms with Crippen LogP contribution in [0.25, 0.3) is 0 Å². The molecular weight excluding hydrogens is 1090 g/mol. The minimum Gasteiger partial charge on any atom is -0.462 e. The second kappa shape index (κ2) is 53.3. The van der Waals surface area contributed by atoms with Crippen molar-refractivity contribution in [1.82, 2.24) is 0 Å². The van der Waals surface area contributed by atoms with Crippen molar-refractivity contribution in [2.45, 2.75) is 318 Å². The van der Waals surface area contributed by atoms with Crippen LogP contribution in [0.1, 0.15) is 299 Å². The van der Waals surface area contributed by atoms with Crippen molar-refractivity contribution in [3.8, 4) is 0 Å². The zero-order chi connectivity index (χ0) is 61.1. The van der Waals surface area contributed by atoms with Crippen molar-refractivity contribution >= 4 is 39.5 Å². The number of phosphoric acid groups is 2. The van der Waals surface area contributed by atoms with Crippen LogP contribution in [-0.2, 0) is 65.4 Å². The van der Waals surface area contributed by atoms with Crippen LogP contribution in [0.4, 0.5) is 0 Å². The van der Waals surface area contributed by atoms with Gasteiger partial charge in [0.25, 0.3) is 0 Å². The lowest BCUT2D eigenvalue weighted by Crippen LogP contribution is -2.30. The van der Waals surface area contributed by atoms with Gasteiger partial charge in [0.1, 0.15) is 19.3 Å². The summed E-state index contributed by atoms with van der Waals surface area (Å²) in [6.45, 7) is 13.9. The van der Waals surface area contributed by atoms with Crippen LogP contribution in [0.2, 0.25) is 0 Å². The molecule has 0 spiro atoms. The van der Waals surface area contributed by atoms with E-state index in [9.17, 15) is 43.2 Å². The highest BCUT2D eigenvalue weighted by Crippen LogP contribution is 2.45. The van der Waals surface area contributed by atoms with E-state index in [2.05, 4.69) is 55.4 Å². The van der Waals surface area contributed by atoms with Crippen LogP contribution in [0.5, 0.6) is 0 Å². The van der Waals surface area contributed by atoms with E-state index in [4.69, 9.17) is 37.0 Å². The van der Waals surface area contributed by atoms with Crippen molar-refractivity contribution < 1.29 is 80.2 Å². The van der Waals surface area contributed by atoms with Crippen molar-refractivity contribution in [2.75, 3.05) is 39.6 Å². The molecule has 0 fully saturated rings. The van der Waals surface area contributed by atoms with Crippen LogP contribution < -0.4 is 0 Å². The Morgan fingerprint density at radius 3 is 0.866 bits per heavy atom. The molecule has 0 saturated heterocycles. The second-order valence-electron chi connectivity index (χ2n) is 24.5. The molecule has 82 heavy (non-hydrogen) atoms. The van der Waals surface area contributed by atoms with E-state index in [0.29, 0.717) is 31.6 Å². The molecule has 0 aliphatic carbocycles. The predicted molar refractivity (Wildman–Crippen MR) is 326 cm³/mol. The number of rotatable bonds is 60. The van der Waals surface area contributed by atoms with Crippen molar-refractivity contribution in [1.29, 1.82) is 0 Å². The van der Waals surface area contributed by atoms with E-state index in [1.54, 1.807) is 0 Å². The summed E-state index contributed by atoms with van der Waals surface area (Å²) in [5.41, 5.74) is 0. The maximum atomic E-state index is 13.0. The number of carbonyl (C=O) groups excluding carboxylic acids is 4. The fourth-order valence-electron chi connectivity index (χ4n) is 9.22. The molecule has 0 aromatic carbocycles. The molecular formula is C63H122O17P2. The molecule has 0 rings (SSSR count). The van der Waals surface area contributed by atoms with Crippen LogP contribution in [-0.4, -0.2) is 96.7 Å². The Labute approximate surface area is 498 Å². The third kappa shape index (κ3) is 55.9. The Bertz CT molecular complexity index is 1650. The minimum atomic E-state index is -4.94. The minimum absolute atomic E-state index is 0.100. The van der Waals surface area contributed by atoms with Crippen LogP contribution in [0, 0.1) is 23.7 Å². The van der Waals surface area contributed by atoms with Gasteiger partial charge in [-0.15, -0.1) is 0 Å². The van der Waals surface area contributed by atoms with Gasteiger partial charge in [-0.3, -0.25) is 37.3 Å². The van der Waals surface area contributed by atoms with E-state index >= 15 is 0 Å². The summed E-state index contributed by atoms with van der Waals surface area (Å²) in [7, 11) is -9.89. The van der Waals surface area contributed by atoms with Crippen LogP contribution in [0.15, 0.2) is 0 Å². The Hall–Kier alpha value is -1.94. The first kappa shape index (κ1) is 80.1. The summed E-state index contributed by atoms with van der Waals surface area (Å²) in [4.78, 5) is 72.1. The molecule has 0 radical (unpaired) electrons. The van der Waals surface area contributed by atoms with E-state index in [1.165, 1.54) is 96.3 Å². The molecule has 0 bridgehead atoms. The Kier molecular flexibility index (Phi) is 52.0. The van der Waals surface area contributed by atoms with Crippen molar-refractivity contribution in [3.05, 3.63) is 0 Å². The number of aliphatic hydroxyl groups is 1. The number of aliphatic hydroxyl groups excluding tert-OH is 1. The SMILES string of the molecule is CCC(C)CCCCCCCCC(=O)OC[C@H](COP(=O)(O)OC[C@H](O)COP(=O)(O)OC[C@@H](COC(=O)CCCCCCCCCCCC(C)C)OC(=O)CCCCCCCCCCC(C)C)OC(=O)CCCCCCCCC(C)C. The highest BCUT2D eigenvalue weighted by molar-refractivity contribution is 7.47. The lowest BCUT2D eigenvalue weighted by molar-refractivity contribution is -0.161. The number of hydrogen-bond acceptors (Lipinski definition) is 15. The topological polar surface area (TPSA) is 237 Å². The number of hydrogen-bond donors (Lipinski definition) is 3. The zero-order valence-corrected chi connectivity index (χ0v) is 54.9. The summed E-state index contributed by atoms with van der Waals surface area (Å²) in [5.74, 6) is 0.716. The summed E-state index contributed by atoms with van der Waals surface area (Å²) in [6.07, 6.45) is 32.3. The Balaban J connectivity index is 5.25. The molecule has 0 aromatic rings. The monoisotopic (exact) mass is 1210 g/mol. The highest BCUT2D eigenvalue weighted by atomic mass is 31.2. The van der Waals surface area contributed by atoms with Crippen LogP contribution in [0.3, 0.4) is 0 Å². The molecule has 19 heteroatoms. The molecule has 3 N–H and O–H groups in total. The molecule has 0 aliphatic rings. The lowest BCUT2D eigenvalue weighted by Gasteiger charge is -2.21. The molecule has 0 amide bonds. The van der Waals surface area contributed by atoms with Gasteiger partial charge in [0.15, 0.2) is 12.2 Å². The van der Waals surface area contributed by atoms with Gasteiger partial charge in [-0.25, -0.2) is 9.13 Å². The summed E-state index contributed by atoms with van der Waals surface area (Å²) >= 11 is 0. The van der Waals surface area contributed by atoms with E-state index in [1.807, 2.05) is 0 Å². The first-order chi connectivity index (χ1) is 39.1. The van der Waals surface area contributed by atoms with Crippen LogP contribution >= 0.6 is 15.6 Å². The molecule has 3 unspecified atom stereocenters. The third-order valence-corrected chi connectivity index (χ3v) is 16.6. The van der Waals surface area contributed by atoms with Gasteiger partial charge in [-0.05, 0) is 49.4 Å². The molecule has 486 valence electrons. The summed E-state index contributed by atoms with van der Waals surface area (Å²) in [5, 5.41) is 10.5. The third-order valence-electron chi connectivity index (χ3n) is 14.7. The first-order valence-corrected chi connectivity index (χ1v) is 35.7. The maximum Gasteiger partial charge on any atom is 0.472 e. The number of carbonyl (C=O) groups is 4. The average molecular weight is 1210 g/mol. The molecule has 17 nitrogen and oxygen atoms in total. The average Bonchev–Trinajstić information content (AvgIpc) is 3.42. The standard InChI is InChI=1S/C63H122O17P2/c1-9-56(8)42-34-26-20-22-28-36-44-61(66)74-50-59(80-63(68)46-38-30-21-19-25-33-41-55(6)7)52-78-82(71,72)76-48-57(64)47-75-81(69,70)77-51-58(79-62(67)45-37-29-18-14-13-16-24-32-40-54(4)5)49-73-60(65)43-35-27-17-12-10-11-15-23-31-39-53(2)3/h53-59,64H,9-52H2,1-8H3,(H,69,70)(H,71,72)/t56?,57-,58-,59-/m1/s1. The second-order valence-corrected chi connectivity index (χ2v) is 27.4. The maximum absolute atomic E-state index is 13.0. The van der Waals surface area contributed by atoms with Gasteiger partial charge in [-0.1, -0.05) is 248 Å². The number of esters is 4. The molecule has 0 heterocycles. The normalized spacial score (nSPS) is 14.8. The fraction of sp³-hybridized carbons (Fsp3) is 0.937. The zero-order valence-electron chi connectivity index (χ0n) is 53.1. The Morgan fingerprint density at radius 2 is 0.585 bits per heavy atom.